The van der Waals surface area contributed by atoms with Gasteiger partial charge in [0.25, 0.3) is 0 Å². The predicted molar refractivity (Wildman–Crippen MR) is 75.3 cm³/mol. The van der Waals surface area contributed by atoms with Crippen molar-refractivity contribution in [2.45, 2.75) is 6.42 Å². The number of halogens is 1. The van der Waals surface area contributed by atoms with Gasteiger partial charge in [0.05, 0.1) is 11.6 Å². The molecule has 1 aromatic carbocycles. The van der Waals surface area contributed by atoms with E-state index in [1.54, 1.807) is 12.3 Å². The van der Waals surface area contributed by atoms with Crippen LogP contribution in [0.1, 0.15) is 11.3 Å². The van der Waals surface area contributed by atoms with E-state index in [-0.39, 0.29) is 0 Å². The standard InChI is InChI=1S/C14H12BrN3/c15-12-7-11(10-16)8-14(9-12)18-6-4-13-3-1-2-5-17-13/h1-3,5,7-9,18H,4,6H2. The van der Waals surface area contributed by atoms with Crippen LogP contribution in [0.3, 0.4) is 0 Å². The summed E-state index contributed by atoms with van der Waals surface area (Å²) in [4.78, 5) is 4.26. The van der Waals surface area contributed by atoms with Gasteiger partial charge in [-0.3, -0.25) is 4.98 Å². The van der Waals surface area contributed by atoms with Crippen molar-refractivity contribution in [3.8, 4) is 6.07 Å². The van der Waals surface area contributed by atoms with Crippen molar-refractivity contribution < 1.29 is 0 Å². The SMILES string of the molecule is N#Cc1cc(Br)cc(NCCc2ccccn2)c1. The van der Waals surface area contributed by atoms with Crippen molar-refractivity contribution in [1.82, 2.24) is 4.98 Å². The Balaban J connectivity index is 1.95. The average molecular weight is 302 g/mol. The van der Waals surface area contributed by atoms with Crippen molar-refractivity contribution in [3.63, 3.8) is 0 Å². The van der Waals surface area contributed by atoms with Crippen LogP contribution in [0.25, 0.3) is 0 Å². The van der Waals surface area contributed by atoms with Gasteiger partial charge in [-0.2, -0.15) is 5.26 Å². The second-order valence-corrected chi connectivity index (χ2v) is 4.75. The van der Waals surface area contributed by atoms with E-state index in [1.807, 2.05) is 30.3 Å². The third-order valence-corrected chi connectivity index (χ3v) is 2.92. The second kappa shape index (κ2) is 6.18. The van der Waals surface area contributed by atoms with Crippen LogP contribution < -0.4 is 5.32 Å². The molecule has 0 spiro atoms. The van der Waals surface area contributed by atoms with Gasteiger partial charge in [0.1, 0.15) is 0 Å². The Hall–Kier alpha value is -1.86. The smallest absolute Gasteiger partial charge is 0.0992 e. The number of hydrogen-bond acceptors (Lipinski definition) is 3. The zero-order valence-corrected chi connectivity index (χ0v) is 11.3. The van der Waals surface area contributed by atoms with Crippen molar-refractivity contribution in [2.24, 2.45) is 0 Å². The largest absolute Gasteiger partial charge is 0.385 e. The molecule has 0 saturated carbocycles. The third kappa shape index (κ3) is 3.57. The molecule has 2 rings (SSSR count). The summed E-state index contributed by atoms with van der Waals surface area (Å²) in [6.45, 7) is 0.790. The number of aromatic nitrogens is 1. The lowest BCUT2D eigenvalue weighted by Gasteiger charge is -2.07. The molecule has 0 fully saturated rings. The molecule has 90 valence electrons. The first kappa shape index (κ1) is 12.6. The molecule has 0 aliphatic heterocycles. The van der Waals surface area contributed by atoms with E-state index < -0.39 is 0 Å². The van der Waals surface area contributed by atoms with E-state index in [4.69, 9.17) is 5.26 Å². The maximum atomic E-state index is 8.88. The zero-order valence-electron chi connectivity index (χ0n) is 9.73. The minimum Gasteiger partial charge on any atom is -0.385 e. The van der Waals surface area contributed by atoms with Crippen LogP contribution in [-0.4, -0.2) is 11.5 Å². The fourth-order valence-corrected chi connectivity index (χ4v) is 2.13. The highest BCUT2D eigenvalue weighted by molar-refractivity contribution is 9.10. The highest BCUT2D eigenvalue weighted by atomic mass is 79.9. The molecule has 0 radical (unpaired) electrons. The van der Waals surface area contributed by atoms with E-state index in [0.29, 0.717) is 5.56 Å². The summed E-state index contributed by atoms with van der Waals surface area (Å²) >= 11 is 3.39. The number of nitrogens with one attached hydrogen (secondary N) is 1. The molecule has 3 nitrogen and oxygen atoms in total. The quantitative estimate of drug-likeness (QED) is 0.942. The van der Waals surface area contributed by atoms with Crippen LogP contribution in [0.2, 0.25) is 0 Å². The van der Waals surface area contributed by atoms with Crippen molar-refractivity contribution >= 4 is 21.6 Å². The van der Waals surface area contributed by atoms with Gasteiger partial charge in [0.15, 0.2) is 0 Å². The monoisotopic (exact) mass is 301 g/mol. The molecule has 4 heteroatoms. The molecule has 1 heterocycles. The molecule has 0 bridgehead atoms. The summed E-state index contributed by atoms with van der Waals surface area (Å²) in [7, 11) is 0. The number of hydrogen-bond donors (Lipinski definition) is 1. The second-order valence-electron chi connectivity index (χ2n) is 3.84. The normalized spacial score (nSPS) is 9.78. The van der Waals surface area contributed by atoms with Gasteiger partial charge >= 0.3 is 0 Å². The van der Waals surface area contributed by atoms with E-state index in [2.05, 4.69) is 32.3 Å². The minimum absolute atomic E-state index is 0.643. The topological polar surface area (TPSA) is 48.7 Å². The first-order valence-corrected chi connectivity index (χ1v) is 6.42. The number of anilines is 1. The Bertz CT molecular complexity index is 561. The zero-order chi connectivity index (χ0) is 12.8. The van der Waals surface area contributed by atoms with E-state index in [9.17, 15) is 0 Å². The molecule has 0 amide bonds. The lowest BCUT2D eigenvalue weighted by molar-refractivity contribution is 0.961. The summed E-state index contributed by atoms with van der Waals surface area (Å²) in [5.41, 5.74) is 2.64. The van der Waals surface area contributed by atoms with Crippen LogP contribution in [0.5, 0.6) is 0 Å². The first-order chi connectivity index (χ1) is 8.78. The lowest BCUT2D eigenvalue weighted by atomic mass is 10.2. The molecule has 1 N–H and O–H groups in total. The predicted octanol–water partition coefficient (Wildman–Crippen LogP) is 3.37. The molecular weight excluding hydrogens is 290 g/mol. The highest BCUT2D eigenvalue weighted by Gasteiger charge is 1.99. The minimum atomic E-state index is 0.643. The number of rotatable bonds is 4. The Morgan fingerprint density at radius 2 is 2.17 bits per heavy atom. The molecule has 0 saturated heterocycles. The van der Waals surface area contributed by atoms with Crippen LogP contribution in [0, 0.1) is 11.3 Å². The van der Waals surface area contributed by atoms with Crippen molar-refractivity contribution in [1.29, 1.82) is 5.26 Å². The number of pyridine rings is 1. The molecule has 1 aromatic heterocycles. The van der Waals surface area contributed by atoms with E-state index in [0.717, 1.165) is 28.8 Å². The molecular formula is C14H12BrN3. The van der Waals surface area contributed by atoms with Crippen LogP contribution in [-0.2, 0) is 6.42 Å². The summed E-state index contributed by atoms with van der Waals surface area (Å²) in [5.74, 6) is 0. The average Bonchev–Trinajstić information content (AvgIpc) is 2.39. The molecule has 0 aliphatic rings. The van der Waals surface area contributed by atoms with Gasteiger partial charge in [-0.1, -0.05) is 22.0 Å². The first-order valence-electron chi connectivity index (χ1n) is 5.62. The Labute approximate surface area is 115 Å². The van der Waals surface area contributed by atoms with Gasteiger partial charge in [0, 0.05) is 35.0 Å². The van der Waals surface area contributed by atoms with Gasteiger partial charge in [0.2, 0.25) is 0 Å². The molecule has 0 unspecified atom stereocenters. The maximum Gasteiger partial charge on any atom is 0.0992 e. The Morgan fingerprint density at radius 1 is 1.28 bits per heavy atom. The molecule has 2 aromatic rings. The number of benzene rings is 1. The molecule has 0 atom stereocenters. The third-order valence-electron chi connectivity index (χ3n) is 2.46. The van der Waals surface area contributed by atoms with Gasteiger partial charge in [-0.25, -0.2) is 0 Å². The summed E-state index contributed by atoms with van der Waals surface area (Å²) < 4.78 is 0.905. The Kier molecular flexibility index (Phi) is 4.32. The van der Waals surface area contributed by atoms with Crippen LogP contribution >= 0.6 is 15.9 Å². The van der Waals surface area contributed by atoms with Crippen molar-refractivity contribution in [2.75, 3.05) is 11.9 Å². The summed E-state index contributed by atoms with van der Waals surface area (Å²) in [6.07, 6.45) is 2.65. The maximum absolute atomic E-state index is 8.88. The van der Waals surface area contributed by atoms with Gasteiger partial charge < -0.3 is 5.32 Å². The van der Waals surface area contributed by atoms with Gasteiger partial charge in [-0.15, -0.1) is 0 Å². The lowest BCUT2D eigenvalue weighted by Crippen LogP contribution is -2.06. The molecule has 18 heavy (non-hydrogen) atoms. The summed E-state index contributed by atoms with van der Waals surface area (Å²) in [6, 6.07) is 13.6. The fraction of sp³-hybridized carbons (Fsp3) is 0.143. The van der Waals surface area contributed by atoms with Crippen molar-refractivity contribution in [3.05, 3.63) is 58.3 Å². The van der Waals surface area contributed by atoms with Gasteiger partial charge in [-0.05, 0) is 30.3 Å². The van der Waals surface area contributed by atoms with E-state index >= 15 is 0 Å². The summed E-state index contributed by atoms with van der Waals surface area (Å²) in [5, 5.41) is 12.2. The van der Waals surface area contributed by atoms with Crippen LogP contribution in [0.15, 0.2) is 47.1 Å². The molecule has 0 aliphatic carbocycles. The number of nitriles is 1. The Morgan fingerprint density at radius 3 is 2.89 bits per heavy atom. The van der Waals surface area contributed by atoms with Crippen LogP contribution in [0.4, 0.5) is 5.69 Å². The fourth-order valence-electron chi connectivity index (χ4n) is 1.64. The highest BCUT2D eigenvalue weighted by Crippen LogP contribution is 2.19. The van der Waals surface area contributed by atoms with E-state index in [1.165, 1.54) is 0 Å². The number of nitrogens with zero attached hydrogens (tertiary/aromatic N) is 2.